The van der Waals surface area contributed by atoms with Crippen molar-refractivity contribution in [1.82, 2.24) is 15.2 Å². The molecular formula is C23H31N5O2. The first-order chi connectivity index (χ1) is 14.7. The minimum absolute atomic E-state index is 0.0976. The van der Waals surface area contributed by atoms with E-state index in [1.807, 2.05) is 24.0 Å². The second-order valence-electron chi connectivity index (χ2n) is 7.91. The first-order valence-electron chi connectivity index (χ1n) is 10.8. The van der Waals surface area contributed by atoms with E-state index in [9.17, 15) is 4.79 Å². The Kier molecular flexibility index (Phi) is 6.50. The van der Waals surface area contributed by atoms with Crippen molar-refractivity contribution in [2.45, 2.75) is 19.4 Å². The molecule has 2 aromatic rings. The molecule has 1 amide bonds. The van der Waals surface area contributed by atoms with Crippen LogP contribution in [0, 0.1) is 0 Å². The van der Waals surface area contributed by atoms with Crippen molar-refractivity contribution in [3.63, 3.8) is 0 Å². The number of carbonyl (C=O) groups excluding carboxylic acids is 1. The number of hydrogen-bond acceptors (Lipinski definition) is 6. The van der Waals surface area contributed by atoms with Crippen LogP contribution in [0.2, 0.25) is 0 Å². The highest BCUT2D eigenvalue weighted by Gasteiger charge is 2.30. The number of rotatable bonds is 6. The Morgan fingerprint density at radius 3 is 2.63 bits per heavy atom. The molecule has 2 fully saturated rings. The van der Waals surface area contributed by atoms with E-state index in [1.165, 1.54) is 11.3 Å². The summed E-state index contributed by atoms with van der Waals surface area (Å²) < 4.78 is 5.42. The molecule has 1 aromatic heterocycles. The average Bonchev–Trinajstić information content (AvgIpc) is 2.77. The van der Waals surface area contributed by atoms with Gasteiger partial charge in [0, 0.05) is 51.0 Å². The topological polar surface area (TPSA) is 60.9 Å². The number of pyridine rings is 1. The summed E-state index contributed by atoms with van der Waals surface area (Å²) in [6, 6.07) is 12.0. The lowest BCUT2D eigenvalue weighted by Crippen LogP contribution is -2.56. The van der Waals surface area contributed by atoms with Crippen LogP contribution in [0.3, 0.4) is 0 Å². The van der Waals surface area contributed by atoms with Gasteiger partial charge in [-0.25, -0.2) is 4.98 Å². The molecule has 1 N–H and O–H groups in total. The van der Waals surface area contributed by atoms with Crippen molar-refractivity contribution in [3.05, 3.63) is 48.2 Å². The van der Waals surface area contributed by atoms with Gasteiger partial charge in [0.25, 0.3) is 0 Å². The first-order valence-corrected chi connectivity index (χ1v) is 10.8. The van der Waals surface area contributed by atoms with Gasteiger partial charge in [-0.3, -0.25) is 4.79 Å². The maximum Gasteiger partial charge on any atom is 0.244 e. The molecule has 2 aliphatic rings. The quantitative estimate of drug-likeness (QED) is 0.785. The molecule has 7 heteroatoms. The lowest BCUT2D eigenvalue weighted by molar-refractivity contribution is -0.121. The van der Waals surface area contributed by atoms with Crippen molar-refractivity contribution in [2.24, 2.45) is 0 Å². The minimum atomic E-state index is -0.237. The summed E-state index contributed by atoms with van der Waals surface area (Å²) in [5.74, 6) is 0.682. The van der Waals surface area contributed by atoms with Crippen molar-refractivity contribution in [1.29, 1.82) is 0 Å². The molecule has 0 radical (unpaired) electrons. The molecule has 3 heterocycles. The molecular weight excluding hydrogens is 378 g/mol. The summed E-state index contributed by atoms with van der Waals surface area (Å²) >= 11 is 0. The summed E-state index contributed by atoms with van der Waals surface area (Å²) in [7, 11) is 2.16. The van der Waals surface area contributed by atoms with Gasteiger partial charge in [0.1, 0.15) is 0 Å². The van der Waals surface area contributed by atoms with Crippen LogP contribution in [0.1, 0.15) is 12.5 Å². The number of likely N-dealkylation sites (N-methyl/N-ethyl adjacent to an activating group) is 1. The van der Waals surface area contributed by atoms with Gasteiger partial charge in [-0.2, -0.15) is 0 Å². The van der Waals surface area contributed by atoms with E-state index in [1.54, 1.807) is 6.20 Å². The Balaban J connectivity index is 1.48. The van der Waals surface area contributed by atoms with Gasteiger partial charge < -0.3 is 24.8 Å². The predicted molar refractivity (Wildman–Crippen MR) is 119 cm³/mol. The molecule has 0 spiro atoms. The zero-order valence-corrected chi connectivity index (χ0v) is 17.9. The van der Waals surface area contributed by atoms with Crippen molar-refractivity contribution in [2.75, 3.05) is 62.7 Å². The number of ether oxygens (including phenoxy) is 1. The lowest BCUT2D eigenvalue weighted by atomic mass is 10.00. The zero-order valence-electron chi connectivity index (χ0n) is 17.9. The van der Waals surface area contributed by atoms with Crippen LogP contribution in [-0.2, 0) is 11.2 Å². The van der Waals surface area contributed by atoms with E-state index < -0.39 is 0 Å². The number of nitrogens with zero attached hydrogens (tertiary/aromatic N) is 4. The molecule has 30 heavy (non-hydrogen) atoms. The molecule has 2 saturated heterocycles. The van der Waals surface area contributed by atoms with E-state index in [2.05, 4.69) is 51.4 Å². The van der Waals surface area contributed by atoms with Crippen LogP contribution in [-0.4, -0.2) is 74.8 Å². The fourth-order valence-electron chi connectivity index (χ4n) is 4.18. The maximum atomic E-state index is 13.3. The Morgan fingerprint density at radius 2 is 1.90 bits per heavy atom. The highest BCUT2D eigenvalue weighted by molar-refractivity contribution is 5.98. The molecule has 1 unspecified atom stereocenters. The summed E-state index contributed by atoms with van der Waals surface area (Å²) in [5, 5.41) is 3.42. The lowest BCUT2D eigenvalue weighted by Gasteiger charge is -2.36. The summed E-state index contributed by atoms with van der Waals surface area (Å²) in [6.45, 7) is 8.08. The summed E-state index contributed by atoms with van der Waals surface area (Å²) in [4.78, 5) is 24.2. The molecule has 0 saturated carbocycles. The van der Waals surface area contributed by atoms with E-state index >= 15 is 0 Å². The van der Waals surface area contributed by atoms with Crippen LogP contribution in [0.4, 0.5) is 11.4 Å². The predicted octanol–water partition coefficient (Wildman–Crippen LogP) is 1.78. The molecule has 2 aliphatic heterocycles. The number of para-hydroxylation sites is 1. The molecule has 4 rings (SSSR count). The largest absolute Gasteiger partial charge is 0.478 e. The maximum absolute atomic E-state index is 13.3. The normalized spacial score (nSPS) is 20.5. The number of carbonyl (C=O) groups is 1. The Labute approximate surface area is 178 Å². The number of piperazine rings is 2. The van der Waals surface area contributed by atoms with E-state index in [0.29, 0.717) is 25.5 Å². The number of aromatic nitrogens is 1. The Morgan fingerprint density at radius 1 is 1.10 bits per heavy atom. The number of hydrogen-bond donors (Lipinski definition) is 1. The molecule has 0 bridgehead atoms. The number of benzene rings is 1. The Bertz CT molecular complexity index is 849. The molecule has 0 aliphatic carbocycles. The zero-order chi connectivity index (χ0) is 20.9. The highest BCUT2D eigenvalue weighted by atomic mass is 16.5. The van der Waals surface area contributed by atoms with Crippen LogP contribution < -0.4 is 19.9 Å². The summed E-state index contributed by atoms with van der Waals surface area (Å²) in [5.41, 5.74) is 3.29. The molecule has 7 nitrogen and oxygen atoms in total. The van der Waals surface area contributed by atoms with Crippen molar-refractivity contribution in [3.8, 4) is 5.88 Å². The number of anilines is 2. The molecule has 160 valence electrons. The van der Waals surface area contributed by atoms with Crippen LogP contribution in [0.15, 0.2) is 42.6 Å². The van der Waals surface area contributed by atoms with E-state index in [-0.39, 0.29) is 11.9 Å². The average molecular weight is 410 g/mol. The van der Waals surface area contributed by atoms with E-state index in [0.717, 1.165) is 38.4 Å². The van der Waals surface area contributed by atoms with Gasteiger partial charge >= 0.3 is 0 Å². The van der Waals surface area contributed by atoms with Gasteiger partial charge in [-0.05, 0) is 38.1 Å². The first kappa shape index (κ1) is 20.6. The third kappa shape index (κ3) is 4.57. The van der Waals surface area contributed by atoms with Crippen LogP contribution in [0.5, 0.6) is 5.88 Å². The Hall–Kier alpha value is -2.64. The van der Waals surface area contributed by atoms with Gasteiger partial charge in [0.05, 0.1) is 24.5 Å². The van der Waals surface area contributed by atoms with Crippen LogP contribution >= 0.6 is 0 Å². The smallest absolute Gasteiger partial charge is 0.244 e. The number of amides is 1. The molecule has 1 atom stereocenters. The van der Waals surface area contributed by atoms with E-state index in [4.69, 9.17) is 4.74 Å². The fraction of sp³-hybridized carbons (Fsp3) is 0.478. The van der Waals surface area contributed by atoms with Crippen LogP contribution in [0.25, 0.3) is 0 Å². The number of nitrogens with one attached hydrogen (secondary N) is 1. The fourth-order valence-corrected chi connectivity index (χ4v) is 4.18. The summed E-state index contributed by atoms with van der Waals surface area (Å²) in [6.07, 6.45) is 2.41. The van der Waals surface area contributed by atoms with Gasteiger partial charge in [-0.1, -0.05) is 18.2 Å². The third-order valence-electron chi connectivity index (χ3n) is 5.87. The van der Waals surface area contributed by atoms with Gasteiger partial charge in [0.2, 0.25) is 11.8 Å². The SMILES string of the molecule is CCOc1ccc(N2CCNC(Cc3ccccc3N3CCN(C)CC3)C2=O)cn1. The van der Waals surface area contributed by atoms with Gasteiger partial charge in [-0.15, -0.1) is 0 Å². The second-order valence-corrected chi connectivity index (χ2v) is 7.91. The third-order valence-corrected chi connectivity index (χ3v) is 5.87. The highest BCUT2D eigenvalue weighted by Crippen LogP contribution is 2.25. The van der Waals surface area contributed by atoms with Crippen molar-refractivity contribution >= 4 is 17.3 Å². The minimum Gasteiger partial charge on any atom is -0.478 e. The second kappa shape index (κ2) is 9.45. The molecule has 1 aromatic carbocycles. The van der Waals surface area contributed by atoms with Crippen molar-refractivity contribution < 1.29 is 9.53 Å². The standard InChI is InChI=1S/C23H31N5O2/c1-3-30-22-9-8-19(17-25-22)28-11-10-24-20(23(28)29)16-18-6-4-5-7-21(18)27-14-12-26(2)13-15-27/h4-9,17,20,24H,3,10-16H2,1-2H3. The van der Waals surface area contributed by atoms with Gasteiger partial charge in [0.15, 0.2) is 0 Å². The monoisotopic (exact) mass is 409 g/mol.